The molecule has 2 aliphatic rings. The number of halogens is 2. The highest BCUT2D eigenvalue weighted by molar-refractivity contribution is 6.31. The van der Waals surface area contributed by atoms with Gasteiger partial charge in [-0.05, 0) is 24.3 Å². The molecule has 1 N–H and O–H groups in total. The first kappa shape index (κ1) is 16.7. The SMILES string of the molecule is CN1Cc2c(ccc(F)c2Cl)OCCNC2OC2c2cnc3ccc1nn23. The van der Waals surface area contributed by atoms with Gasteiger partial charge in [0.2, 0.25) is 0 Å². The number of epoxide rings is 1. The van der Waals surface area contributed by atoms with Gasteiger partial charge in [0.25, 0.3) is 0 Å². The summed E-state index contributed by atoms with van der Waals surface area (Å²) < 4.78 is 27.4. The smallest absolute Gasteiger partial charge is 0.154 e. The van der Waals surface area contributed by atoms with E-state index in [-0.39, 0.29) is 17.4 Å². The van der Waals surface area contributed by atoms with Crippen LogP contribution in [0.4, 0.5) is 10.2 Å². The molecular weight excluding hydrogens is 373 g/mol. The molecule has 2 aromatic heterocycles. The number of nitrogens with one attached hydrogen (secondary N) is 1. The molecule has 2 aliphatic heterocycles. The molecule has 0 amide bonds. The second kappa shape index (κ2) is 6.33. The zero-order valence-corrected chi connectivity index (χ0v) is 15.3. The molecule has 0 spiro atoms. The van der Waals surface area contributed by atoms with Crippen LogP contribution in [0.3, 0.4) is 0 Å². The second-order valence-corrected chi connectivity index (χ2v) is 7.00. The van der Waals surface area contributed by atoms with Crippen molar-refractivity contribution in [3.8, 4) is 5.75 Å². The van der Waals surface area contributed by atoms with E-state index in [4.69, 9.17) is 21.1 Å². The Kier molecular flexibility index (Phi) is 3.92. The zero-order valence-electron chi connectivity index (χ0n) is 14.5. The molecule has 2 bridgehead atoms. The summed E-state index contributed by atoms with van der Waals surface area (Å²) >= 11 is 6.23. The summed E-state index contributed by atoms with van der Waals surface area (Å²) in [6.07, 6.45) is 1.59. The summed E-state index contributed by atoms with van der Waals surface area (Å²) in [6.45, 7) is 1.35. The third-order valence-corrected chi connectivity index (χ3v) is 5.21. The van der Waals surface area contributed by atoms with Crippen LogP contribution in [0.25, 0.3) is 5.65 Å². The molecule has 0 radical (unpaired) electrons. The molecule has 1 saturated heterocycles. The van der Waals surface area contributed by atoms with Crippen molar-refractivity contribution < 1.29 is 13.9 Å². The van der Waals surface area contributed by atoms with Crippen molar-refractivity contribution in [3.05, 3.63) is 52.6 Å². The van der Waals surface area contributed by atoms with Gasteiger partial charge in [0.05, 0.1) is 16.9 Å². The number of ether oxygens (including phenoxy) is 2. The first-order valence-electron chi connectivity index (χ1n) is 8.66. The van der Waals surface area contributed by atoms with Crippen molar-refractivity contribution in [1.29, 1.82) is 0 Å². The van der Waals surface area contributed by atoms with Crippen LogP contribution in [-0.2, 0) is 11.3 Å². The fourth-order valence-corrected chi connectivity index (χ4v) is 3.53. The summed E-state index contributed by atoms with van der Waals surface area (Å²) in [5.41, 5.74) is 2.22. The number of benzene rings is 1. The molecule has 9 heteroatoms. The Balaban J connectivity index is 1.59. The molecule has 0 aliphatic carbocycles. The molecule has 7 nitrogen and oxygen atoms in total. The normalized spacial score (nSPS) is 22.1. The van der Waals surface area contributed by atoms with Gasteiger partial charge < -0.3 is 14.4 Å². The quantitative estimate of drug-likeness (QED) is 0.596. The van der Waals surface area contributed by atoms with Crippen molar-refractivity contribution in [2.75, 3.05) is 25.1 Å². The summed E-state index contributed by atoms with van der Waals surface area (Å²) in [6, 6.07) is 6.69. The number of imidazole rings is 1. The molecule has 1 fully saturated rings. The Bertz CT molecular complexity index is 1030. The lowest BCUT2D eigenvalue weighted by molar-refractivity contribution is 0.288. The molecule has 2 atom stereocenters. The van der Waals surface area contributed by atoms with Crippen LogP contribution >= 0.6 is 11.6 Å². The van der Waals surface area contributed by atoms with Gasteiger partial charge in [-0.25, -0.2) is 13.9 Å². The highest BCUT2D eigenvalue weighted by Gasteiger charge is 2.42. The molecule has 0 saturated carbocycles. The van der Waals surface area contributed by atoms with Gasteiger partial charge in [0.1, 0.15) is 36.3 Å². The van der Waals surface area contributed by atoms with E-state index in [9.17, 15) is 4.39 Å². The Morgan fingerprint density at radius 1 is 1.30 bits per heavy atom. The highest BCUT2D eigenvalue weighted by atomic mass is 35.5. The monoisotopic (exact) mass is 389 g/mol. The Morgan fingerprint density at radius 3 is 3.07 bits per heavy atom. The summed E-state index contributed by atoms with van der Waals surface area (Å²) in [5.74, 6) is 0.793. The summed E-state index contributed by atoms with van der Waals surface area (Å²) in [7, 11) is 1.87. The van der Waals surface area contributed by atoms with Crippen LogP contribution in [0.15, 0.2) is 30.5 Å². The molecule has 4 heterocycles. The first-order chi connectivity index (χ1) is 13.1. The maximum Gasteiger partial charge on any atom is 0.154 e. The van der Waals surface area contributed by atoms with Gasteiger partial charge >= 0.3 is 0 Å². The molecule has 3 aromatic rings. The minimum Gasteiger partial charge on any atom is -0.492 e. The lowest BCUT2D eigenvalue weighted by Gasteiger charge is -2.21. The van der Waals surface area contributed by atoms with Gasteiger partial charge in [-0.15, -0.1) is 5.10 Å². The van der Waals surface area contributed by atoms with E-state index in [0.717, 1.165) is 11.3 Å². The van der Waals surface area contributed by atoms with E-state index >= 15 is 0 Å². The van der Waals surface area contributed by atoms with Crippen LogP contribution in [0.1, 0.15) is 17.4 Å². The van der Waals surface area contributed by atoms with Crippen LogP contribution < -0.4 is 15.0 Å². The first-order valence-corrected chi connectivity index (χ1v) is 9.04. The van der Waals surface area contributed by atoms with Crippen molar-refractivity contribution in [2.45, 2.75) is 18.9 Å². The van der Waals surface area contributed by atoms with E-state index in [1.807, 2.05) is 24.1 Å². The van der Waals surface area contributed by atoms with E-state index in [1.165, 1.54) is 6.07 Å². The predicted octanol–water partition coefficient (Wildman–Crippen LogP) is 2.54. The summed E-state index contributed by atoms with van der Waals surface area (Å²) in [5, 5.41) is 8.03. The Labute approximate surface area is 159 Å². The topological polar surface area (TPSA) is 67.2 Å². The second-order valence-electron chi connectivity index (χ2n) is 6.62. The average molecular weight is 390 g/mol. The van der Waals surface area contributed by atoms with Crippen LogP contribution in [-0.4, -0.2) is 41.0 Å². The van der Waals surface area contributed by atoms with E-state index < -0.39 is 5.82 Å². The number of anilines is 1. The van der Waals surface area contributed by atoms with Crippen molar-refractivity contribution in [3.63, 3.8) is 0 Å². The minimum absolute atomic E-state index is 0.0643. The maximum absolute atomic E-state index is 14.0. The molecular formula is C18H17ClFN5O2. The minimum atomic E-state index is -0.471. The van der Waals surface area contributed by atoms with Crippen LogP contribution in [0.5, 0.6) is 5.75 Å². The fraction of sp³-hybridized carbons (Fsp3) is 0.333. The Hall–Kier alpha value is -2.42. The van der Waals surface area contributed by atoms with Gasteiger partial charge in [0, 0.05) is 25.7 Å². The van der Waals surface area contributed by atoms with Crippen molar-refractivity contribution in [1.82, 2.24) is 19.9 Å². The van der Waals surface area contributed by atoms with Crippen LogP contribution in [0, 0.1) is 5.82 Å². The lowest BCUT2D eigenvalue weighted by atomic mass is 10.1. The largest absolute Gasteiger partial charge is 0.492 e. The molecule has 1 aromatic carbocycles. The number of rotatable bonds is 0. The highest BCUT2D eigenvalue weighted by Crippen LogP contribution is 2.37. The Morgan fingerprint density at radius 2 is 2.19 bits per heavy atom. The molecule has 140 valence electrons. The zero-order chi connectivity index (χ0) is 18.5. The maximum atomic E-state index is 14.0. The fourth-order valence-electron chi connectivity index (χ4n) is 3.31. The van der Waals surface area contributed by atoms with E-state index in [0.29, 0.717) is 36.8 Å². The number of fused-ring (bicyclic) bond motifs is 4. The molecule has 5 rings (SSSR count). The number of hydrogen-bond donors (Lipinski definition) is 1. The third-order valence-electron chi connectivity index (χ3n) is 4.80. The van der Waals surface area contributed by atoms with Gasteiger partial charge in [-0.2, -0.15) is 0 Å². The molecule has 2 unspecified atom stereocenters. The standard InChI is InChI=1S/C18H17ClFN5O2/c1-24-9-10-13(3-2-11(20)16(10)19)26-7-6-21-18-17(27-18)12-8-22-14-4-5-15(24)23-25(12)14/h2-5,8,17-18,21H,6-7,9H2,1H3. The number of nitrogens with zero attached hydrogens (tertiary/aromatic N) is 4. The van der Waals surface area contributed by atoms with E-state index in [1.54, 1.807) is 16.8 Å². The van der Waals surface area contributed by atoms with Gasteiger partial charge in [-0.3, -0.25) is 5.32 Å². The predicted molar refractivity (Wildman–Crippen MR) is 97.6 cm³/mol. The number of aromatic nitrogens is 3. The van der Waals surface area contributed by atoms with Crippen molar-refractivity contribution >= 4 is 23.1 Å². The molecule has 27 heavy (non-hydrogen) atoms. The third kappa shape index (κ3) is 2.90. The van der Waals surface area contributed by atoms with Crippen LogP contribution in [0.2, 0.25) is 5.02 Å². The number of hydrogen-bond acceptors (Lipinski definition) is 6. The van der Waals surface area contributed by atoms with Gasteiger partial charge in [-0.1, -0.05) is 11.6 Å². The average Bonchev–Trinajstić information content (AvgIpc) is 3.31. The lowest BCUT2D eigenvalue weighted by Crippen LogP contribution is -2.26. The van der Waals surface area contributed by atoms with Gasteiger partial charge in [0.15, 0.2) is 5.65 Å². The summed E-state index contributed by atoms with van der Waals surface area (Å²) in [4.78, 5) is 6.29. The van der Waals surface area contributed by atoms with Crippen molar-refractivity contribution in [2.24, 2.45) is 0 Å². The van der Waals surface area contributed by atoms with E-state index in [2.05, 4.69) is 15.4 Å².